The van der Waals surface area contributed by atoms with Crippen LogP contribution >= 0.6 is 0 Å². The first-order valence-electron chi connectivity index (χ1n) is 5.49. The van der Waals surface area contributed by atoms with Crippen LogP contribution in [0.4, 0.5) is 15.8 Å². The fourth-order valence-electron chi connectivity index (χ4n) is 1.35. The van der Waals surface area contributed by atoms with Crippen LogP contribution < -0.4 is 11.1 Å². The number of nitrogens with two attached hydrogens (primary N) is 1. The maximum Gasteiger partial charge on any atom is 0.127 e. The molecule has 90 valence electrons. The summed E-state index contributed by atoms with van der Waals surface area (Å²) in [6.07, 6.45) is 0. The first-order chi connectivity index (χ1) is 7.49. The Bertz CT molecular complexity index is 319. The van der Waals surface area contributed by atoms with E-state index < -0.39 is 0 Å². The van der Waals surface area contributed by atoms with Gasteiger partial charge in [0, 0.05) is 30.5 Å². The van der Waals surface area contributed by atoms with Gasteiger partial charge >= 0.3 is 0 Å². The Morgan fingerprint density at radius 1 is 1.38 bits per heavy atom. The van der Waals surface area contributed by atoms with Gasteiger partial charge < -0.3 is 16.0 Å². The Kier molecular flexibility index (Phi) is 4.55. The van der Waals surface area contributed by atoms with Gasteiger partial charge in [-0.3, -0.25) is 0 Å². The third kappa shape index (κ3) is 4.06. The van der Waals surface area contributed by atoms with E-state index in [0.717, 1.165) is 18.8 Å². The van der Waals surface area contributed by atoms with Gasteiger partial charge in [0.2, 0.25) is 0 Å². The van der Waals surface area contributed by atoms with Gasteiger partial charge in [-0.1, -0.05) is 0 Å². The zero-order valence-corrected chi connectivity index (χ0v) is 10.1. The van der Waals surface area contributed by atoms with Gasteiger partial charge in [0.15, 0.2) is 0 Å². The number of nitrogens with zero attached hydrogens (tertiary/aromatic N) is 1. The van der Waals surface area contributed by atoms with Crippen molar-refractivity contribution in [2.75, 3.05) is 31.2 Å². The second-order valence-electron chi connectivity index (χ2n) is 4.27. The minimum absolute atomic E-state index is 0.306. The van der Waals surface area contributed by atoms with Crippen LogP contribution in [-0.4, -0.2) is 31.1 Å². The normalized spacial score (nSPS) is 11.1. The van der Waals surface area contributed by atoms with Crippen LogP contribution in [0.25, 0.3) is 0 Å². The van der Waals surface area contributed by atoms with Crippen molar-refractivity contribution >= 4 is 11.4 Å². The van der Waals surface area contributed by atoms with E-state index in [0.29, 0.717) is 11.7 Å². The number of hydrogen-bond acceptors (Lipinski definition) is 3. The lowest BCUT2D eigenvalue weighted by atomic mass is 10.2. The number of benzene rings is 1. The maximum absolute atomic E-state index is 13.0. The highest BCUT2D eigenvalue weighted by Crippen LogP contribution is 2.14. The Labute approximate surface area is 96.4 Å². The number of halogens is 1. The Balaban J connectivity index is 2.43. The lowest BCUT2D eigenvalue weighted by Gasteiger charge is -2.21. The number of nitrogens with one attached hydrogen (secondary N) is 1. The first-order valence-corrected chi connectivity index (χ1v) is 5.49. The monoisotopic (exact) mass is 225 g/mol. The van der Waals surface area contributed by atoms with Crippen LogP contribution in [0.1, 0.15) is 13.8 Å². The van der Waals surface area contributed by atoms with Gasteiger partial charge in [-0.15, -0.1) is 0 Å². The molecule has 0 aromatic heterocycles. The third-order valence-electron chi connectivity index (χ3n) is 2.60. The molecule has 1 aromatic carbocycles. The molecule has 0 aliphatic heterocycles. The molecule has 0 aliphatic carbocycles. The first kappa shape index (κ1) is 12.8. The van der Waals surface area contributed by atoms with Crippen molar-refractivity contribution in [1.29, 1.82) is 0 Å². The van der Waals surface area contributed by atoms with Gasteiger partial charge in [0.1, 0.15) is 5.82 Å². The quantitative estimate of drug-likeness (QED) is 0.754. The molecule has 0 bridgehead atoms. The van der Waals surface area contributed by atoms with E-state index >= 15 is 0 Å². The third-order valence-corrected chi connectivity index (χ3v) is 2.60. The van der Waals surface area contributed by atoms with E-state index in [-0.39, 0.29) is 5.82 Å². The molecule has 16 heavy (non-hydrogen) atoms. The Morgan fingerprint density at radius 3 is 2.62 bits per heavy atom. The van der Waals surface area contributed by atoms with Crippen molar-refractivity contribution in [3.8, 4) is 0 Å². The average molecular weight is 225 g/mol. The molecule has 0 amide bonds. The predicted molar refractivity (Wildman–Crippen MR) is 67.1 cm³/mol. The SMILES string of the molecule is CC(C)N(C)CCNc1cc(N)cc(F)c1. The van der Waals surface area contributed by atoms with Crippen molar-refractivity contribution in [3.05, 3.63) is 24.0 Å². The molecule has 0 unspecified atom stereocenters. The van der Waals surface area contributed by atoms with Crippen LogP contribution in [0.2, 0.25) is 0 Å². The number of hydrogen-bond donors (Lipinski definition) is 2. The fourth-order valence-corrected chi connectivity index (χ4v) is 1.35. The second-order valence-corrected chi connectivity index (χ2v) is 4.27. The molecule has 0 saturated heterocycles. The zero-order chi connectivity index (χ0) is 12.1. The van der Waals surface area contributed by atoms with E-state index in [1.807, 2.05) is 0 Å². The van der Waals surface area contributed by atoms with Gasteiger partial charge in [-0.05, 0) is 39.1 Å². The zero-order valence-electron chi connectivity index (χ0n) is 10.1. The molecule has 0 fully saturated rings. The molecular formula is C12H20FN3. The van der Waals surface area contributed by atoms with E-state index in [4.69, 9.17) is 5.73 Å². The van der Waals surface area contributed by atoms with Gasteiger partial charge in [0.25, 0.3) is 0 Å². The van der Waals surface area contributed by atoms with Crippen molar-refractivity contribution in [2.24, 2.45) is 0 Å². The molecule has 0 spiro atoms. The van der Waals surface area contributed by atoms with Gasteiger partial charge in [-0.25, -0.2) is 4.39 Å². The molecule has 0 saturated carbocycles. The summed E-state index contributed by atoms with van der Waals surface area (Å²) >= 11 is 0. The molecule has 0 heterocycles. The van der Waals surface area contributed by atoms with Crippen molar-refractivity contribution in [1.82, 2.24) is 4.90 Å². The summed E-state index contributed by atoms with van der Waals surface area (Å²) < 4.78 is 13.0. The summed E-state index contributed by atoms with van der Waals surface area (Å²) in [7, 11) is 2.06. The molecule has 3 N–H and O–H groups in total. The van der Waals surface area contributed by atoms with Gasteiger partial charge in [-0.2, -0.15) is 0 Å². The second kappa shape index (κ2) is 5.70. The largest absolute Gasteiger partial charge is 0.399 e. The minimum Gasteiger partial charge on any atom is -0.399 e. The topological polar surface area (TPSA) is 41.3 Å². The summed E-state index contributed by atoms with van der Waals surface area (Å²) in [6, 6.07) is 5.01. The number of anilines is 2. The summed E-state index contributed by atoms with van der Waals surface area (Å²) in [5, 5.41) is 3.15. The molecule has 3 nitrogen and oxygen atoms in total. The number of nitrogen functional groups attached to an aromatic ring is 1. The van der Waals surface area contributed by atoms with Gasteiger partial charge in [0.05, 0.1) is 0 Å². The van der Waals surface area contributed by atoms with Crippen molar-refractivity contribution in [3.63, 3.8) is 0 Å². The molecule has 0 aliphatic rings. The Morgan fingerprint density at radius 2 is 2.06 bits per heavy atom. The molecule has 0 atom stereocenters. The maximum atomic E-state index is 13.0. The van der Waals surface area contributed by atoms with Crippen LogP contribution in [0, 0.1) is 5.82 Å². The minimum atomic E-state index is -0.306. The summed E-state index contributed by atoms with van der Waals surface area (Å²) in [6.45, 7) is 5.96. The van der Waals surface area contributed by atoms with Crippen molar-refractivity contribution in [2.45, 2.75) is 19.9 Å². The predicted octanol–water partition coefficient (Wildman–Crippen LogP) is 2.16. The van der Waals surface area contributed by atoms with E-state index in [1.165, 1.54) is 12.1 Å². The lowest BCUT2D eigenvalue weighted by molar-refractivity contribution is 0.284. The van der Waals surface area contributed by atoms with Crippen LogP contribution in [0.15, 0.2) is 18.2 Å². The molecule has 1 rings (SSSR count). The smallest absolute Gasteiger partial charge is 0.127 e. The van der Waals surface area contributed by atoms with Crippen molar-refractivity contribution < 1.29 is 4.39 Å². The van der Waals surface area contributed by atoms with E-state index in [9.17, 15) is 4.39 Å². The summed E-state index contributed by atoms with van der Waals surface area (Å²) in [5.41, 5.74) is 6.72. The van der Waals surface area contributed by atoms with E-state index in [1.54, 1.807) is 6.07 Å². The highest BCUT2D eigenvalue weighted by Gasteiger charge is 2.02. The summed E-state index contributed by atoms with van der Waals surface area (Å²) in [4.78, 5) is 2.22. The molecule has 1 aromatic rings. The number of rotatable bonds is 5. The highest BCUT2D eigenvalue weighted by molar-refractivity contribution is 5.54. The van der Waals surface area contributed by atoms with Crippen LogP contribution in [0.3, 0.4) is 0 Å². The average Bonchev–Trinajstić information content (AvgIpc) is 2.15. The fraction of sp³-hybridized carbons (Fsp3) is 0.500. The summed E-state index contributed by atoms with van der Waals surface area (Å²) in [5.74, 6) is -0.306. The molecule has 4 heteroatoms. The standard InChI is InChI=1S/C12H20FN3/c1-9(2)16(3)5-4-15-12-7-10(13)6-11(14)8-12/h6-9,15H,4-5,14H2,1-3H3. The van der Waals surface area contributed by atoms with Crippen LogP contribution in [-0.2, 0) is 0 Å². The molecule has 0 radical (unpaired) electrons. The number of likely N-dealkylation sites (N-methyl/N-ethyl adjacent to an activating group) is 1. The van der Waals surface area contributed by atoms with E-state index in [2.05, 4.69) is 31.1 Å². The Hall–Kier alpha value is -1.29. The molecular weight excluding hydrogens is 205 g/mol. The van der Waals surface area contributed by atoms with Crippen LogP contribution in [0.5, 0.6) is 0 Å². The lowest BCUT2D eigenvalue weighted by Crippen LogP contribution is -2.31. The highest BCUT2D eigenvalue weighted by atomic mass is 19.1.